The van der Waals surface area contributed by atoms with Crippen molar-refractivity contribution in [1.29, 1.82) is 0 Å². The maximum atomic E-state index is 3.62. The Morgan fingerprint density at radius 3 is 1.95 bits per heavy atom. The van der Waals surface area contributed by atoms with Gasteiger partial charge in [-0.3, -0.25) is 0 Å². The minimum absolute atomic E-state index is 0.999. The van der Waals surface area contributed by atoms with E-state index in [-0.39, 0.29) is 0 Å². The highest BCUT2D eigenvalue weighted by Gasteiger charge is 2.01. The molecule has 0 fully saturated rings. The molecule has 21 heavy (non-hydrogen) atoms. The van der Waals surface area contributed by atoms with Crippen molar-refractivity contribution in [2.24, 2.45) is 0 Å². The van der Waals surface area contributed by atoms with Gasteiger partial charge >= 0.3 is 0 Å². The van der Waals surface area contributed by atoms with Crippen molar-refractivity contribution in [3.05, 3.63) is 94.5 Å². The van der Waals surface area contributed by atoms with Gasteiger partial charge in [-0.2, -0.15) is 0 Å². The van der Waals surface area contributed by atoms with Crippen molar-refractivity contribution in [3.8, 4) is 23.0 Å². The third-order valence-corrected chi connectivity index (χ3v) is 3.85. The van der Waals surface area contributed by atoms with Crippen LogP contribution >= 0.6 is 15.9 Å². The summed E-state index contributed by atoms with van der Waals surface area (Å²) in [5.41, 5.74) is 4.42. The summed E-state index contributed by atoms with van der Waals surface area (Å²) >= 11 is 3.62. The molecule has 0 saturated heterocycles. The Morgan fingerprint density at radius 2 is 1.29 bits per heavy atom. The highest BCUT2D eigenvalue weighted by molar-refractivity contribution is 9.10. The molecule has 100 valence electrons. The molecule has 0 amide bonds. The second-order valence-corrected chi connectivity index (χ2v) is 5.53. The molecule has 3 aromatic carbocycles. The van der Waals surface area contributed by atoms with E-state index < -0.39 is 0 Å². The molecule has 0 heterocycles. The van der Waals surface area contributed by atoms with Crippen molar-refractivity contribution in [2.45, 2.75) is 0 Å². The molecule has 0 nitrogen and oxygen atoms in total. The van der Waals surface area contributed by atoms with Gasteiger partial charge in [-0.15, -0.1) is 0 Å². The molecule has 0 unspecified atom stereocenters. The number of halogens is 1. The van der Waals surface area contributed by atoms with Crippen LogP contribution in [0.5, 0.6) is 0 Å². The fourth-order valence-electron chi connectivity index (χ4n) is 2.09. The average molecular weight is 333 g/mol. The van der Waals surface area contributed by atoms with E-state index in [4.69, 9.17) is 0 Å². The van der Waals surface area contributed by atoms with E-state index in [0.717, 1.165) is 15.6 Å². The van der Waals surface area contributed by atoms with Crippen LogP contribution in [0.25, 0.3) is 11.1 Å². The predicted octanol–water partition coefficient (Wildman–Crippen LogP) is 5.52. The second-order valence-electron chi connectivity index (χ2n) is 4.68. The molecule has 3 rings (SSSR count). The second kappa shape index (κ2) is 6.43. The van der Waals surface area contributed by atoms with Crippen LogP contribution in [0, 0.1) is 11.8 Å². The van der Waals surface area contributed by atoms with Gasteiger partial charge in [-0.25, -0.2) is 0 Å². The van der Waals surface area contributed by atoms with E-state index in [2.05, 4.69) is 58.1 Å². The van der Waals surface area contributed by atoms with Crippen molar-refractivity contribution in [1.82, 2.24) is 0 Å². The summed E-state index contributed by atoms with van der Waals surface area (Å²) in [6.07, 6.45) is 0. The molecule has 0 bridgehead atoms. The molecule has 0 aliphatic heterocycles. The van der Waals surface area contributed by atoms with Gasteiger partial charge in [0.25, 0.3) is 0 Å². The molecule has 0 radical (unpaired) electrons. The Labute approximate surface area is 133 Å². The van der Waals surface area contributed by atoms with E-state index in [9.17, 15) is 0 Å². The quantitative estimate of drug-likeness (QED) is 0.515. The van der Waals surface area contributed by atoms with Crippen LogP contribution in [0.15, 0.2) is 83.3 Å². The van der Waals surface area contributed by atoms with E-state index >= 15 is 0 Å². The normalized spacial score (nSPS) is 9.76. The van der Waals surface area contributed by atoms with Crippen LogP contribution in [0.4, 0.5) is 0 Å². The summed E-state index contributed by atoms with van der Waals surface area (Å²) in [6, 6.07) is 26.6. The van der Waals surface area contributed by atoms with Crippen LogP contribution < -0.4 is 0 Å². The lowest BCUT2D eigenvalue weighted by Gasteiger charge is -2.03. The first-order chi connectivity index (χ1) is 10.3. The van der Waals surface area contributed by atoms with Gasteiger partial charge in [0.15, 0.2) is 0 Å². The summed E-state index contributed by atoms with van der Waals surface area (Å²) in [5, 5.41) is 0. The molecule has 1 heteroatoms. The average Bonchev–Trinajstić information content (AvgIpc) is 2.55. The summed E-state index contributed by atoms with van der Waals surface area (Å²) in [4.78, 5) is 0. The van der Waals surface area contributed by atoms with Gasteiger partial charge in [-0.05, 0) is 51.3 Å². The topological polar surface area (TPSA) is 0 Å². The maximum absolute atomic E-state index is 3.62. The van der Waals surface area contributed by atoms with Gasteiger partial charge in [0.1, 0.15) is 0 Å². The first kappa shape index (κ1) is 13.7. The highest BCUT2D eigenvalue weighted by Crippen LogP contribution is 2.25. The third kappa shape index (κ3) is 3.42. The summed E-state index contributed by atoms with van der Waals surface area (Å²) in [7, 11) is 0. The first-order valence-electron chi connectivity index (χ1n) is 6.75. The smallest absolute Gasteiger partial charge is 0.0391 e. The predicted molar refractivity (Wildman–Crippen MR) is 92.0 cm³/mol. The molecular weight excluding hydrogens is 320 g/mol. The lowest BCUT2D eigenvalue weighted by Crippen LogP contribution is -1.82. The summed E-state index contributed by atoms with van der Waals surface area (Å²) < 4.78 is 1.02. The van der Waals surface area contributed by atoms with Gasteiger partial charge in [0.05, 0.1) is 0 Å². The first-order valence-corrected chi connectivity index (χ1v) is 7.54. The van der Waals surface area contributed by atoms with Crippen LogP contribution in [0.1, 0.15) is 11.1 Å². The van der Waals surface area contributed by atoms with E-state index in [0.29, 0.717) is 0 Å². The molecule has 0 aliphatic carbocycles. The van der Waals surface area contributed by atoms with E-state index in [1.54, 1.807) is 0 Å². The molecular formula is C20H13Br. The molecule has 0 N–H and O–H groups in total. The highest BCUT2D eigenvalue weighted by atomic mass is 79.9. The Hall–Kier alpha value is -2.30. The molecule has 0 aliphatic rings. The molecule has 3 aromatic rings. The summed E-state index contributed by atoms with van der Waals surface area (Å²) in [5.74, 6) is 6.39. The largest absolute Gasteiger partial charge is 0.0622 e. The lowest BCUT2D eigenvalue weighted by atomic mass is 10.0. The van der Waals surface area contributed by atoms with Crippen LogP contribution in [0.3, 0.4) is 0 Å². The van der Waals surface area contributed by atoms with Gasteiger partial charge < -0.3 is 0 Å². The monoisotopic (exact) mass is 332 g/mol. The molecule has 0 spiro atoms. The zero-order valence-electron chi connectivity index (χ0n) is 11.4. The minimum Gasteiger partial charge on any atom is -0.0622 e. The maximum Gasteiger partial charge on any atom is 0.0391 e. The van der Waals surface area contributed by atoms with E-state index in [1.165, 1.54) is 11.1 Å². The fourth-order valence-corrected chi connectivity index (χ4v) is 2.57. The van der Waals surface area contributed by atoms with Gasteiger partial charge in [0.2, 0.25) is 0 Å². The minimum atomic E-state index is 0.999. The van der Waals surface area contributed by atoms with E-state index in [1.807, 2.05) is 48.5 Å². The third-order valence-electron chi connectivity index (χ3n) is 3.19. The standard InChI is InChI=1S/C20H13Br/c21-20-15-19(17-9-5-2-6-10-17)14-13-18(20)12-11-16-7-3-1-4-8-16/h1-10,13-15H. The SMILES string of the molecule is Brc1cc(-c2ccccc2)ccc1C#Cc1ccccc1. The number of benzene rings is 3. The van der Waals surface area contributed by atoms with Crippen molar-refractivity contribution < 1.29 is 0 Å². The molecule has 0 atom stereocenters. The molecule has 0 aromatic heterocycles. The number of hydrogen-bond acceptors (Lipinski definition) is 0. The molecule has 0 saturated carbocycles. The van der Waals surface area contributed by atoms with Crippen molar-refractivity contribution in [2.75, 3.05) is 0 Å². The van der Waals surface area contributed by atoms with Crippen LogP contribution in [-0.2, 0) is 0 Å². The Balaban J connectivity index is 1.91. The lowest BCUT2D eigenvalue weighted by molar-refractivity contribution is 1.55. The van der Waals surface area contributed by atoms with Crippen LogP contribution in [-0.4, -0.2) is 0 Å². The van der Waals surface area contributed by atoms with Crippen molar-refractivity contribution in [3.63, 3.8) is 0 Å². The number of hydrogen-bond donors (Lipinski definition) is 0. The Bertz CT molecular complexity index is 793. The number of rotatable bonds is 1. The zero-order chi connectivity index (χ0) is 14.5. The Kier molecular flexibility index (Phi) is 4.19. The summed E-state index contributed by atoms with van der Waals surface area (Å²) in [6.45, 7) is 0. The van der Waals surface area contributed by atoms with Crippen LogP contribution in [0.2, 0.25) is 0 Å². The van der Waals surface area contributed by atoms with Crippen molar-refractivity contribution >= 4 is 15.9 Å². The fraction of sp³-hybridized carbons (Fsp3) is 0. The van der Waals surface area contributed by atoms with Gasteiger partial charge in [0, 0.05) is 15.6 Å². The Morgan fingerprint density at radius 1 is 0.619 bits per heavy atom. The van der Waals surface area contributed by atoms with Gasteiger partial charge in [-0.1, -0.05) is 66.4 Å². The zero-order valence-corrected chi connectivity index (χ0v) is 13.0.